The molecule has 1 aromatic rings. The van der Waals surface area contributed by atoms with E-state index < -0.39 is 10.0 Å². The minimum absolute atomic E-state index is 0.278. The summed E-state index contributed by atoms with van der Waals surface area (Å²) in [6, 6.07) is 0. The predicted molar refractivity (Wildman–Crippen MR) is 80.2 cm³/mol. The number of hydrogen-bond donors (Lipinski definition) is 1. The van der Waals surface area contributed by atoms with E-state index in [1.807, 2.05) is 6.92 Å². The van der Waals surface area contributed by atoms with Crippen molar-refractivity contribution in [1.29, 1.82) is 0 Å². The Morgan fingerprint density at radius 2 is 1.95 bits per heavy atom. The van der Waals surface area contributed by atoms with Crippen molar-refractivity contribution in [2.45, 2.75) is 39.1 Å². The molecule has 0 bridgehead atoms. The van der Waals surface area contributed by atoms with Crippen molar-refractivity contribution >= 4 is 10.0 Å². The Balaban J connectivity index is 3.26. The van der Waals surface area contributed by atoms with Crippen LogP contribution >= 0.6 is 0 Å². The fourth-order valence-electron chi connectivity index (χ4n) is 2.12. The van der Waals surface area contributed by atoms with Crippen LogP contribution < -0.4 is 5.32 Å². The van der Waals surface area contributed by atoms with Crippen LogP contribution in [0.5, 0.6) is 0 Å². The van der Waals surface area contributed by atoms with Crippen LogP contribution in [0.4, 0.5) is 0 Å². The zero-order valence-corrected chi connectivity index (χ0v) is 13.7. The lowest BCUT2D eigenvalue weighted by Gasteiger charge is -2.18. The summed E-state index contributed by atoms with van der Waals surface area (Å²) in [5.41, 5.74) is 1.50. The minimum Gasteiger partial charge on any atom is -0.465 e. The number of rotatable bonds is 7. The average Bonchev–Trinajstić information content (AvgIpc) is 2.60. The van der Waals surface area contributed by atoms with Gasteiger partial charge in [-0.3, -0.25) is 0 Å². The number of hydrogen-bond acceptors (Lipinski definition) is 4. The van der Waals surface area contributed by atoms with Crippen molar-refractivity contribution in [2.24, 2.45) is 0 Å². The Bertz CT molecular complexity index is 588. The van der Waals surface area contributed by atoms with Gasteiger partial charge in [0.15, 0.2) is 0 Å². The largest absolute Gasteiger partial charge is 0.465 e. The highest BCUT2D eigenvalue weighted by Gasteiger charge is 2.30. The maximum absolute atomic E-state index is 12.7. The number of likely N-dealkylation sites (N-methyl/N-ethyl adjacent to an activating group) is 1. The lowest BCUT2D eigenvalue weighted by molar-refractivity contribution is 0.478. The van der Waals surface area contributed by atoms with Gasteiger partial charge in [-0.2, -0.15) is 4.31 Å². The summed E-state index contributed by atoms with van der Waals surface area (Å²) in [6.07, 6.45) is 0. The molecule has 0 amide bonds. The van der Waals surface area contributed by atoms with E-state index in [0.717, 1.165) is 12.1 Å². The van der Waals surface area contributed by atoms with E-state index in [2.05, 4.69) is 11.9 Å². The molecule has 0 aromatic carbocycles. The maximum Gasteiger partial charge on any atom is 0.246 e. The van der Waals surface area contributed by atoms with Crippen LogP contribution in [-0.4, -0.2) is 32.9 Å². The molecule has 0 saturated carbocycles. The van der Waals surface area contributed by atoms with Gasteiger partial charge in [0.25, 0.3) is 0 Å². The van der Waals surface area contributed by atoms with Gasteiger partial charge in [-0.25, -0.2) is 8.42 Å². The molecule has 0 radical (unpaired) electrons. The molecule has 1 rings (SSSR count). The second kappa shape index (κ2) is 6.56. The zero-order valence-electron chi connectivity index (χ0n) is 12.9. The van der Waals surface area contributed by atoms with Crippen molar-refractivity contribution in [1.82, 2.24) is 9.62 Å². The number of aryl methyl sites for hydroxylation is 2. The zero-order chi connectivity index (χ0) is 15.5. The standard InChI is InChI=1S/C14H24N2O3S/c1-7-15-8-13-11(4)19-12(5)14(13)20(17,18)16(6)9-10(2)3/h15H,2,7-9H2,1,3-6H3. The summed E-state index contributed by atoms with van der Waals surface area (Å²) < 4.78 is 32.2. The van der Waals surface area contributed by atoms with Gasteiger partial charge in [0.1, 0.15) is 16.4 Å². The van der Waals surface area contributed by atoms with Gasteiger partial charge in [-0.15, -0.1) is 0 Å². The summed E-state index contributed by atoms with van der Waals surface area (Å²) >= 11 is 0. The average molecular weight is 300 g/mol. The Morgan fingerprint density at radius 1 is 1.35 bits per heavy atom. The van der Waals surface area contributed by atoms with Crippen molar-refractivity contribution in [3.8, 4) is 0 Å². The quantitative estimate of drug-likeness (QED) is 0.784. The lowest BCUT2D eigenvalue weighted by Crippen LogP contribution is -2.30. The van der Waals surface area contributed by atoms with E-state index in [1.165, 1.54) is 4.31 Å². The molecule has 0 aliphatic carbocycles. The minimum atomic E-state index is -3.57. The third kappa shape index (κ3) is 3.50. The molecule has 0 atom stereocenters. The molecular weight excluding hydrogens is 276 g/mol. The fraction of sp³-hybridized carbons (Fsp3) is 0.571. The second-order valence-corrected chi connectivity index (χ2v) is 7.00. The predicted octanol–water partition coefficient (Wildman–Crippen LogP) is 2.20. The van der Waals surface area contributed by atoms with E-state index >= 15 is 0 Å². The summed E-state index contributed by atoms with van der Waals surface area (Å²) in [5, 5.41) is 3.15. The van der Waals surface area contributed by atoms with E-state index in [1.54, 1.807) is 27.8 Å². The molecule has 114 valence electrons. The molecule has 0 saturated heterocycles. The molecule has 0 spiro atoms. The Morgan fingerprint density at radius 3 is 2.45 bits per heavy atom. The van der Waals surface area contributed by atoms with Crippen molar-refractivity contribution in [2.75, 3.05) is 20.1 Å². The van der Waals surface area contributed by atoms with E-state index in [9.17, 15) is 8.42 Å². The first kappa shape index (κ1) is 16.9. The third-order valence-corrected chi connectivity index (χ3v) is 5.04. The molecule has 20 heavy (non-hydrogen) atoms. The summed E-state index contributed by atoms with van der Waals surface area (Å²) in [6.45, 7) is 12.6. The van der Waals surface area contributed by atoms with Gasteiger partial charge >= 0.3 is 0 Å². The molecule has 1 aromatic heterocycles. The van der Waals surface area contributed by atoms with Gasteiger partial charge in [0.2, 0.25) is 10.0 Å². The van der Waals surface area contributed by atoms with Crippen molar-refractivity contribution < 1.29 is 12.8 Å². The summed E-state index contributed by atoms with van der Waals surface area (Å²) in [5.74, 6) is 1.08. The van der Waals surface area contributed by atoms with Crippen LogP contribution in [0.25, 0.3) is 0 Å². The van der Waals surface area contributed by atoms with Gasteiger partial charge in [-0.1, -0.05) is 19.1 Å². The maximum atomic E-state index is 12.7. The van der Waals surface area contributed by atoms with Gasteiger partial charge < -0.3 is 9.73 Å². The Labute approximate surface area is 121 Å². The number of sulfonamides is 1. The number of furan rings is 1. The highest BCUT2D eigenvalue weighted by Crippen LogP contribution is 2.28. The molecule has 1 heterocycles. The highest BCUT2D eigenvalue weighted by molar-refractivity contribution is 7.89. The first-order valence-corrected chi connectivity index (χ1v) is 8.06. The first-order valence-electron chi connectivity index (χ1n) is 6.62. The summed E-state index contributed by atoms with van der Waals surface area (Å²) in [4.78, 5) is 0.278. The monoisotopic (exact) mass is 300 g/mol. The topological polar surface area (TPSA) is 62.6 Å². The molecule has 0 aliphatic rings. The lowest BCUT2D eigenvalue weighted by atomic mass is 10.2. The highest BCUT2D eigenvalue weighted by atomic mass is 32.2. The van der Waals surface area contributed by atoms with Crippen LogP contribution in [0.3, 0.4) is 0 Å². The van der Waals surface area contributed by atoms with Crippen LogP contribution in [0.2, 0.25) is 0 Å². The smallest absolute Gasteiger partial charge is 0.246 e. The van der Waals surface area contributed by atoms with Crippen LogP contribution in [0, 0.1) is 13.8 Å². The van der Waals surface area contributed by atoms with Crippen molar-refractivity contribution in [3.63, 3.8) is 0 Å². The number of nitrogens with one attached hydrogen (secondary N) is 1. The van der Waals surface area contributed by atoms with Gasteiger partial charge in [0, 0.05) is 25.7 Å². The molecule has 0 unspecified atom stereocenters. The Kier molecular flexibility index (Phi) is 5.56. The summed E-state index contributed by atoms with van der Waals surface area (Å²) in [7, 11) is -2.01. The molecule has 0 aliphatic heterocycles. The van der Waals surface area contributed by atoms with Gasteiger partial charge in [-0.05, 0) is 27.3 Å². The van der Waals surface area contributed by atoms with E-state index in [0.29, 0.717) is 30.2 Å². The number of nitrogens with zero attached hydrogens (tertiary/aromatic N) is 1. The Hall–Kier alpha value is -1.11. The molecule has 0 fully saturated rings. The first-order chi connectivity index (χ1) is 9.21. The van der Waals surface area contributed by atoms with Crippen molar-refractivity contribution in [3.05, 3.63) is 29.2 Å². The van der Waals surface area contributed by atoms with E-state index in [-0.39, 0.29) is 4.90 Å². The fourth-order valence-corrected chi connectivity index (χ4v) is 3.76. The molecule has 1 N–H and O–H groups in total. The third-order valence-electron chi connectivity index (χ3n) is 3.04. The normalized spacial score (nSPS) is 12.1. The van der Waals surface area contributed by atoms with Gasteiger partial charge in [0.05, 0.1) is 0 Å². The molecular formula is C14H24N2O3S. The second-order valence-electron chi connectivity index (χ2n) is 5.02. The van der Waals surface area contributed by atoms with Crippen LogP contribution in [0.15, 0.2) is 21.5 Å². The van der Waals surface area contributed by atoms with E-state index in [4.69, 9.17) is 4.42 Å². The van der Waals surface area contributed by atoms with Crippen LogP contribution in [0.1, 0.15) is 30.9 Å². The SMILES string of the molecule is C=C(C)CN(C)S(=O)(=O)c1c(C)oc(C)c1CNCC. The van der Waals surface area contributed by atoms with Crippen LogP contribution in [-0.2, 0) is 16.6 Å². The molecule has 6 heteroatoms. The molecule has 5 nitrogen and oxygen atoms in total.